The summed E-state index contributed by atoms with van der Waals surface area (Å²) in [5.41, 5.74) is 1.34. The number of hydrogen-bond acceptors (Lipinski definition) is 7. The van der Waals surface area contributed by atoms with Gasteiger partial charge in [0.2, 0.25) is 0 Å². The standard InChI is InChI=1S/C26H26ClNO7/c1-5-34-22-10-9-16(11-17(22)15-35-19-8-6-7-18(27)12-19)25(29)28-21-14-24(32-3)23(31-2)13-20(21)26(30)33-4/h6-14H,5,15H2,1-4H3,(H,28,29). The summed E-state index contributed by atoms with van der Waals surface area (Å²) in [5, 5.41) is 3.31. The van der Waals surface area contributed by atoms with Crippen LogP contribution in [0.15, 0.2) is 54.6 Å². The lowest BCUT2D eigenvalue weighted by Crippen LogP contribution is -2.16. The molecule has 3 aromatic carbocycles. The lowest BCUT2D eigenvalue weighted by molar-refractivity contribution is 0.0601. The predicted octanol–water partition coefficient (Wildman–Crippen LogP) is 5.37. The number of hydrogen-bond donors (Lipinski definition) is 1. The van der Waals surface area contributed by atoms with Gasteiger partial charge in [-0.15, -0.1) is 0 Å². The summed E-state index contributed by atoms with van der Waals surface area (Å²) in [5.74, 6) is 0.762. The number of halogens is 1. The van der Waals surface area contributed by atoms with Gasteiger partial charge in [0.15, 0.2) is 11.5 Å². The summed E-state index contributed by atoms with van der Waals surface area (Å²) in [6.45, 7) is 2.47. The van der Waals surface area contributed by atoms with Crippen LogP contribution >= 0.6 is 11.6 Å². The lowest BCUT2D eigenvalue weighted by Gasteiger charge is -2.16. The smallest absolute Gasteiger partial charge is 0.340 e. The number of benzene rings is 3. The highest BCUT2D eigenvalue weighted by atomic mass is 35.5. The molecule has 0 bridgehead atoms. The number of carbonyl (C=O) groups excluding carboxylic acids is 2. The number of nitrogens with one attached hydrogen (secondary N) is 1. The third kappa shape index (κ3) is 6.36. The van der Waals surface area contributed by atoms with E-state index < -0.39 is 11.9 Å². The Hall–Kier alpha value is -3.91. The molecule has 3 aromatic rings. The van der Waals surface area contributed by atoms with Crippen LogP contribution in [0.5, 0.6) is 23.0 Å². The van der Waals surface area contributed by atoms with Gasteiger partial charge >= 0.3 is 5.97 Å². The molecule has 0 saturated carbocycles. The van der Waals surface area contributed by atoms with Gasteiger partial charge in [0.05, 0.1) is 39.2 Å². The Morgan fingerprint density at radius 3 is 2.29 bits per heavy atom. The van der Waals surface area contributed by atoms with Crippen molar-refractivity contribution in [1.82, 2.24) is 0 Å². The number of rotatable bonds is 10. The fourth-order valence-electron chi connectivity index (χ4n) is 3.30. The highest BCUT2D eigenvalue weighted by Crippen LogP contribution is 2.34. The SMILES string of the molecule is CCOc1ccc(C(=O)Nc2cc(OC)c(OC)cc2C(=O)OC)cc1COc1cccc(Cl)c1. The molecule has 3 rings (SSSR count). The fourth-order valence-corrected chi connectivity index (χ4v) is 3.48. The number of esters is 1. The van der Waals surface area contributed by atoms with Crippen molar-refractivity contribution in [3.8, 4) is 23.0 Å². The molecule has 1 amide bonds. The van der Waals surface area contributed by atoms with Crippen LogP contribution in [0.25, 0.3) is 0 Å². The van der Waals surface area contributed by atoms with Crippen LogP contribution in [-0.4, -0.2) is 39.8 Å². The molecule has 0 saturated heterocycles. The second-order valence-corrected chi connectivity index (χ2v) is 7.64. The first kappa shape index (κ1) is 25.7. The van der Waals surface area contributed by atoms with E-state index in [0.29, 0.717) is 45.8 Å². The quantitative estimate of drug-likeness (QED) is 0.375. The molecule has 0 aliphatic carbocycles. The highest BCUT2D eigenvalue weighted by Gasteiger charge is 2.20. The normalized spacial score (nSPS) is 10.3. The zero-order valence-corrected chi connectivity index (χ0v) is 20.6. The summed E-state index contributed by atoms with van der Waals surface area (Å²) >= 11 is 6.03. The van der Waals surface area contributed by atoms with E-state index in [1.807, 2.05) is 6.92 Å². The molecular formula is C26H26ClNO7. The Labute approximate surface area is 208 Å². The average Bonchev–Trinajstić information content (AvgIpc) is 2.87. The van der Waals surface area contributed by atoms with Gasteiger partial charge in [-0.05, 0) is 43.3 Å². The molecule has 0 aliphatic rings. The van der Waals surface area contributed by atoms with E-state index in [2.05, 4.69) is 5.32 Å². The largest absolute Gasteiger partial charge is 0.493 e. The minimum absolute atomic E-state index is 0.119. The first-order valence-corrected chi connectivity index (χ1v) is 11.1. The summed E-state index contributed by atoms with van der Waals surface area (Å²) in [6.07, 6.45) is 0. The molecule has 0 unspecified atom stereocenters. The molecule has 1 N–H and O–H groups in total. The van der Waals surface area contributed by atoms with E-state index in [1.54, 1.807) is 42.5 Å². The van der Waals surface area contributed by atoms with Gasteiger partial charge < -0.3 is 29.0 Å². The molecule has 0 fully saturated rings. The Bertz CT molecular complexity index is 1210. The molecule has 0 atom stereocenters. The van der Waals surface area contributed by atoms with Gasteiger partial charge in [0.1, 0.15) is 18.1 Å². The minimum Gasteiger partial charge on any atom is -0.493 e. The lowest BCUT2D eigenvalue weighted by atomic mass is 10.1. The van der Waals surface area contributed by atoms with Crippen LogP contribution in [-0.2, 0) is 11.3 Å². The van der Waals surface area contributed by atoms with E-state index in [0.717, 1.165) is 0 Å². The Morgan fingerprint density at radius 1 is 0.886 bits per heavy atom. The molecule has 0 spiro atoms. The Kier molecular flexibility index (Phi) is 8.80. The van der Waals surface area contributed by atoms with Crippen molar-refractivity contribution in [2.45, 2.75) is 13.5 Å². The summed E-state index contributed by atoms with van der Waals surface area (Å²) in [6, 6.07) is 15.0. The summed E-state index contributed by atoms with van der Waals surface area (Å²) < 4.78 is 27.0. The molecule has 35 heavy (non-hydrogen) atoms. The third-order valence-corrected chi connectivity index (χ3v) is 5.23. The van der Waals surface area contributed by atoms with Crippen LogP contribution < -0.4 is 24.3 Å². The maximum atomic E-state index is 13.1. The molecule has 9 heteroatoms. The summed E-state index contributed by atoms with van der Waals surface area (Å²) in [7, 11) is 4.16. The fraction of sp³-hybridized carbons (Fsp3) is 0.231. The second kappa shape index (κ2) is 12.0. The minimum atomic E-state index is -0.636. The van der Waals surface area contributed by atoms with Crippen LogP contribution in [0.1, 0.15) is 33.2 Å². The van der Waals surface area contributed by atoms with E-state index in [1.165, 1.54) is 33.5 Å². The molecule has 0 heterocycles. The number of amides is 1. The number of carbonyl (C=O) groups is 2. The molecule has 0 radical (unpaired) electrons. The topological polar surface area (TPSA) is 92.3 Å². The second-order valence-electron chi connectivity index (χ2n) is 7.20. The molecule has 184 valence electrons. The van der Waals surface area contributed by atoms with Crippen LogP contribution in [0, 0.1) is 0 Å². The van der Waals surface area contributed by atoms with Crippen molar-refractivity contribution in [3.63, 3.8) is 0 Å². The van der Waals surface area contributed by atoms with Gasteiger partial charge in [0, 0.05) is 28.3 Å². The Morgan fingerprint density at radius 2 is 1.63 bits per heavy atom. The molecular weight excluding hydrogens is 474 g/mol. The van der Waals surface area contributed by atoms with Crippen molar-refractivity contribution < 1.29 is 33.3 Å². The predicted molar refractivity (Wildman–Crippen MR) is 132 cm³/mol. The zero-order valence-electron chi connectivity index (χ0n) is 19.8. The zero-order chi connectivity index (χ0) is 25.4. The van der Waals surface area contributed by atoms with Gasteiger partial charge in [0.25, 0.3) is 5.91 Å². The van der Waals surface area contributed by atoms with Crippen LogP contribution in [0.3, 0.4) is 0 Å². The van der Waals surface area contributed by atoms with Gasteiger partial charge in [-0.25, -0.2) is 4.79 Å². The molecule has 0 aliphatic heterocycles. The summed E-state index contributed by atoms with van der Waals surface area (Å²) in [4.78, 5) is 25.5. The van der Waals surface area contributed by atoms with Gasteiger partial charge in [-0.3, -0.25) is 4.79 Å². The van der Waals surface area contributed by atoms with E-state index in [-0.39, 0.29) is 17.9 Å². The van der Waals surface area contributed by atoms with Crippen molar-refractivity contribution in [2.75, 3.05) is 33.3 Å². The van der Waals surface area contributed by atoms with Crippen molar-refractivity contribution in [3.05, 3.63) is 76.3 Å². The number of anilines is 1. The van der Waals surface area contributed by atoms with Crippen LogP contribution in [0.2, 0.25) is 5.02 Å². The van der Waals surface area contributed by atoms with Crippen LogP contribution in [0.4, 0.5) is 5.69 Å². The average molecular weight is 500 g/mol. The van der Waals surface area contributed by atoms with Gasteiger partial charge in [-0.2, -0.15) is 0 Å². The van der Waals surface area contributed by atoms with E-state index in [4.69, 9.17) is 35.3 Å². The van der Waals surface area contributed by atoms with Crippen molar-refractivity contribution >= 4 is 29.2 Å². The first-order chi connectivity index (χ1) is 16.9. The molecule has 0 aromatic heterocycles. The van der Waals surface area contributed by atoms with E-state index in [9.17, 15) is 9.59 Å². The third-order valence-electron chi connectivity index (χ3n) is 4.99. The van der Waals surface area contributed by atoms with Crippen molar-refractivity contribution in [2.24, 2.45) is 0 Å². The maximum absolute atomic E-state index is 13.1. The number of ether oxygens (including phenoxy) is 5. The van der Waals surface area contributed by atoms with Crippen molar-refractivity contribution in [1.29, 1.82) is 0 Å². The molecule has 8 nitrogen and oxygen atoms in total. The maximum Gasteiger partial charge on any atom is 0.340 e. The van der Waals surface area contributed by atoms with E-state index >= 15 is 0 Å². The number of methoxy groups -OCH3 is 3. The highest BCUT2D eigenvalue weighted by molar-refractivity contribution is 6.30. The van der Waals surface area contributed by atoms with Gasteiger partial charge in [-0.1, -0.05) is 17.7 Å². The Balaban J connectivity index is 1.90. The monoisotopic (exact) mass is 499 g/mol. The first-order valence-electron chi connectivity index (χ1n) is 10.7.